The molecule has 94 valence electrons. The van der Waals surface area contributed by atoms with Crippen molar-refractivity contribution < 1.29 is 0 Å². The van der Waals surface area contributed by atoms with Crippen molar-refractivity contribution in [2.24, 2.45) is 0 Å². The molecule has 0 aliphatic rings. The molecule has 0 aromatic carbocycles. The van der Waals surface area contributed by atoms with Crippen LogP contribution < -0.4 is 10.9 Å². The van der Waals surface area contributed by atoms with E-state index in [1.54, 1.807) is 6.20 Å². The van der Waals surface area contributed by atoms with Gasteiger partial charge in [-0.15, -0.1) is 0 Å². The maximum atomic E-state index is 11.6. The molecule has 0 fully saturated rings. The van der Waals surface area contributed by atoms with Gasteiger partial charge in [0.2, 0.25) is 0 Å². The second-order valence-electron chi connectivity index (χ2n) is 3.98. The van der Waals surface area contributed by atoms with Crippen molar-refractivity contribution >= 4 is 0 Å². The molecule has 0 atom stereocenters. The smallest absolute Gasteiger partial charge is 0.251 e. The van der Waals surface area contributed by atoms with Gasteiger partial charge in [-0.3, -0.25) is 9.78 Å². The quantitative estimate of drug-likeness (QED) is 0.778. The van der Waals surface area contributed by atoms with Crippen LogP contribution in [-0.2, 0) is 6.54 Å². The lowest BCUT2D eigenvalue weighted by molar-refractivity contribution is 0.662. The third-order valence-electron chi connectivity index (χ3n) is 2.44. The van der Waals surface area contributed by atoms with E-state index in [9.17, 15) is 4.79 Å². The largest absolute Gasteiger partial charge is 0.311 e. The lowest BCUT2D eigenvalue weighted by Crippen LogP contribution is -2.18. The van der Waals surface area contributed by atoms with Crippen LogP contribution in [0.4, 0.5) is 0 Å². The minimum atomic E-state index is -0.154. The van der Waals surface area contributed by atoms with Crippen molar-refractivity contribution in [3.8, 4) is 11.5 Å². The SMILES string of the molecule is CCCNCc1cc(=O)[nH]c(-c2ccccn2)n1. The van der Waals surface area contributed by atoms with Crippen molar-refractivity contribution in [1.29, 1.82) is 0 Å². The molecule has 0 unspecified atom stereocenters. The van der Waals surface area contributed by atoms with Gasteiger partial charge in [0.15, 0.2) is 5.82 Å². The Kier molecular flexibility index (Phi) is 4.20. The van der Waals surface area contributed by atoms with Gasteiger partial charge in [-0.2, -0.15) is 0 Å². The average molecular weight is 244 g/mol. The van der Waals surface area contributed by atoms with E-state index < -0.39 is 0 Å². The number of rotatable bonds is 5. The molecule has 0 amide bonds. The van der Waals surface area contributed by atoms with Gasteiger partial charge < -0.3 is 10.3 Å². The summed E-state index contributed by atoms with van der Waals surface area (Å²) < 4.78 is 0. The van der Waals surface area contributed by atoms with Gasteiger partial charge in [0, 0.05) is 18.8 Å². The predicted octanol–water partition coefficient (Wildman–Crippen LogP) is 1.33. The molecule has 0 spiro atoms. The highest BCUT2D eigenvalue weighted by Gasteiger charge is 2.04. The summed E-state index contributed by atoms with van der Waals surface area (Å²) in [5, 5.41) is 3.22. The maximum Gasteiger partial charge on any atom is 0.251 e. The highest BCUT2D eigenvalue weighted by molar-refractivity contribution is 5.47. The molecule has 0 saturated carbocycles. The Hall–Kier alpha value is -2.01. The molecule has 2 aromatic heterocycles. The molecule has 0 aliphatic heterocycles. The summed E-state index contributed by atoms with van der Waals surface area (Å²) in [6.07, 6.45) is 2.73. The standard InChI is InChI=1S/C13H16N4O/c1-2-6-14-9-10-8-12(18)17-13(16-10)11-5-3-4-7-15-11/h3-5,7-8,14H,2,6,9H2,1H3,(H,16,17,18). The first kappa shape index (κ1) is 12.4. The van der Waals surface area contributed by atoms with Crippen LogP contribution in [0.15, 0.2) is 35.3 Å². The van der Waals surface area contributed by atoms with E-state index in [1.165, 1.54) is 6.07 Å². The molecule has 5 heteroatoms. The summed E-state index contributed by atoms with van der Waals surface area (Å²) >= 11 is 0. The third-order valence-corrected chi connectivity index (χ3v) is 2.44. The molecule has 0 saturated heterocycles. The van der Waals surface area contributed by atoms with E-state index in [2.05, 4.69) is 27.2 Å². The fourth-order valence-corrected chi connectivity index (χ4v) is 1.62. The number of aromatic nitrogens is 3. The first-order chi connectivity index (χ1) is 8.79. The predicted molar refractivity (Wildman–Crippen MR) is 70.1 cm³/mol. The Labute approximate surface area is 105 Å². The highest BCUT2D eigenvalue weighted by Crippen LogP contribution is 2.08. The molecule has 0 bridgehead atoms. The van der Waals surface area contributed by atoms with Crippen molar-refractivity contribution in [2.45, 2.75) is 19.9 Å². The highest BCUT2D eigenvalue weighted by atomic mass is 16.1. The Morgan fingerprint density at radius 1 is 1.39 bits per heavy atom. The number of hydrogen-bond donors (Lipinski definition) is 2. The molecule has 2 N–H and O–H groups in total. The number of nitrogens with zero attached hydrogens (tertiary/aromatic N) is 2. The van der Waals surface area contributed by atoms with Crippen molar-refractivity contribution in [3.63, 3.8) is 0 Å². The van der Waals surface area contributed by atoms with Gasteiger partial charge in [0.25, 0.3) is 5.56 Å². The van der Waals surface area contributed by atoms with Crippen LogP contribution in [0.1, 0.15) is 19.0 Å². The molecular formula is C13H16N4O. The molecule has 2 heterocycles. The summed E-state index contributed by atoms with van der Waals surface area (Å²) in [5.74, 6) is 0.511. The first-order valence-corrected chi connectivity index (χ1v) is 6.02. The van der Waals surface area contributed by atoms with Crippen LogP contribution in [-0.4, -0.2) is 21.5 Å². The monoisotopic (exact) mass is 244 g/mol. The number of hydrogen-bond acceptors (Lipinski definition) is 4. The number of nitrogens with one attached hydrogen (secondary N) is 2. The van der Waals surface area contributed by atoms with E-state index in [1.807, 2.05) is 18.2 Å². The molecule has 2 rings (SSSR count). The molecule has 2 aromatic rings. The summed E-state index contributed by atoms with van der Waals surface area (Å²) in [6.45, 7) is 3.60. The van der Waals surface area contributed by atoms with Gasteiger partial charge in [-0.1, -0.05) is 13.0 Å². The van der Waals surface area contributed by atoms with Crippen molar-refractivity contribution in [3.05, 3.63) is 46.5 Å². The van der Waals surface area contributed by atoms with Crippen molar-refractivity contribution in [1.82, 2.24) is 20.3 Å². The Balaban J connectivity index is 2.24. The number of aromatic amines is 1. The molecule has 0 radical (unpaired) electrons. The van der Waals surface area contributed by atoms with Crippen LogP contribution >= 0.6 is 0 Å². The van der Waals surface area contributed by atoms with Crippen LogP contribution in [0, 0.1) is 0 Å². The summed E-state index contributed by atoms with van der Waals surface area (Å²) in [6, 6.07) is 7.02. The van der Waals surface area contributed by atoms with E-state index in [0.717, 1.165) is 18.7 Å². The van der Waals surface area contributed by atoms with E-state index >= 15 is 0 Å². The second-order valence-corrected chi connectivity index (χ2v) is 3.98. The Morgan fingerprint density at radius 3 is 3.00 bits per heavy atom. The number of H-pyrrole nitrogens is 1. The lowest BCUT2D eigenvalue weighted by atomic mass is 10.3. The zero-order valence-corrected chi connectivity index (χ0v) is 10.3. The van der Waals surface area contributed by atoms with Gasteiger partial charge in [0.1, 0.15) is 5.69 Å². The zero-order valence-electron chi connectivity index (χ0n) is 10.3. The molecule has 0 aliphatic carbocycles. The van der Waals surface area contributed by atoms with E-state index in [-0.39, 0.29) is 5.56 Å². The van der Waals surface area contributed by atoms with Crippen LogP contribution in [0.3, 0.4) is 0 Å². The molecule has 18 heavy (non-hydrogen) atoms. The second kappa shape index (κ2) is 6.07. The van der Waals surface area contributed by atoms with Crippen LogP contribution in [0.25, 0.3) is 11.5 Å². The average Bonchev–Trinajstić information content (AvgIpc) is 2.39. The molecular weight excluding hydrogens is 228 g/mol. The Morgan fingerprint density at radius 2 is 2.28 bits per heavy atom. The minimum absolute atomic E-state index is 0.154. The van der Waals surface area contributed by atoms with Crippen LogP contribution in [0.2, 0.25) is 0 Å². The fraction of sp³-hybridized carbons (Fsp3) is 0.308. The Bertz CT molecular complexity index is 550. The minimum Gasteiger partial charge on any atom is -0.311 e. The molecule has 5 nitrogen and oxygen atoms in total. The third kappa shape index (κ3) is 3.24. The maximum absolute atomic E-state index is 11.6. The summed E-state index contributed by atoms with van der Waals surface area (Å²) in [7, 11) is 0. The topological polar surface area (TPSA) is 70.7 Å². The van der Waals surface area contributed by atoms with Gasteiger partial charge >= 0.3 is 0 Å². The van der Waals surface area contributed by atoms with E-state index in [4.69, 9.17) is 0 Å². The first-order valence-electron chi connectivity index (χ1n) is 6.02. The van der Waals surface area contributed by atoms with Crippen LogP contribution in [0.5, 0.6) is 0 Å². The summed E-state index contributed by atoms with van der Waals surface area (Å²) in [5.41, 5.74) is 1.25. The zero-order chi connectivity index (χ0) is 12.8. The van der Waals surface area contributed by atoms with Gasteiger partial charge in [-0.25, -0.2) is 4.98 Å². The lowest BCUT2D eigenvalue weighted by Gasteiger charge is -2.04. The fourth-order valence-electron chi connectivity index (χ4n) is 1.62. The van der Waals surface area contributed by atoms with Gasteiger partial charge in [0.05, 0.1) is 5.69 Å². The van der Waals surface area contributed by atoms with Crippen molar-refractivity contribution in [2.75, 3.05) is 6.54 Å². The van der Waals surface area contributed by atoms with E-state index in [0.29, 0.717) is 18.1 Å². The normalized spacial score (nSPS) is 10.5. The number of pyridine rings is 1. The summed E-state index contributed by atoms with van der Waals surface area (Å²) in [4.78, 5) is 22.8. The van der Waals surface area contributed by atoms with Gasteiger partial charge in [-0.05, 0) is 25.1 Å².